The van der Waals surface area contributed by atoms with Crippen LogP contribution in [0.5, 0.6) is 0 Å². The lowest BCUT2D eigenvalue weighted by Crippen LogP contribution is -2.25. The number of carbonyl (C=O) groups is 2. The van der Waals surface area contributed by atoms with Crippen LogP contribution >= 0.6 is 0 Å². The largest absolute Gasteiger partial charge is 0.355 e. The zero-order valence-corrected chi connectivity index (χ0v) is 8.37. The lowest BCUT2D eigenvalue weighted by atomic mass is 10.1. The molecule has 1 unspecified atom stereocenters. The number of pyridine rings is 1. The first-order valence-corrected chi connectivity index (χ1v) is 4.84. The first-order valence-electron chi connectivity index (χ1n) is 4.84. The summed E-state index contributed by atoms with van der Waals surface area (Å²) in [5.41, 5.74) is 0.0827. The van der Waals surface area contributed by atoms with Crippen molar-refractivity contribution in [3.8, 4) is 0 Å². The van der Waals surface area contributed by atoms with Gasteiger partial charge >= 0.3 is 0 Å². The van der Waals surface area contributed by atoms with Crippen LogP contribution in [-0.2, 0) is 9.59 Å². The van der Waals surface area contributed by atoms with Crippen LogP contribution in [0.3, 0.4) is 0 Å². The molecule has 1 aliphatic heterocycles. The second kappa shape index (κ2) is 4.26. The maximum Gasteiger partial charge on any atom is 0.229 e. The highest BCUT2D eigenvalue weighted by molar-refractivity contribution is 5.97. The van der Waals surface area contributed by atoms with E-state index in [0.717, 1.165) is 6.20 Å². The van der Waals surface area contributed by atoms with Gasteiger partial charge in [0.15, 0.2) is 5.82 Å². The standard InChI is InChI=1S/C10H10FN3O2/c11-7-5-12-2-1-8(7)14-10(16)6-3-9(15)13-4-6/h1-2,5-6H,3-4H2,(H,13,15)(H,12,14,16). The third kappa shape index (κ3) is 2.16. The average molecular weight is 223 g/mol. The van der Waals surface area contributed by atoms with Crippen molar-refractivity contribution >= 4 is 17.5 Å². The van der Waals surface area contributed by atoms with E-state index in [0.29, 0.717) is 6.54 Å². The van der Waals surface area contributed by atoms with Gasteiger partial charge in [-0.1, -0.05) is 0 Å². The summed E-state index contributed by atoms with van der Waals surface area (Å²) in [4.78, 5) is 26.1. The quantitative estimate of drug-likeness (QED) is 0.757. The second-order valence-corrected chi connectivity index (χ2v) is 3.55. The molecule has 0 spiro atoms. The number of carbonyl (C=O) groups excluding carboxylic acids is 2. The molecule has 0 aliphatic carbocycles. The number of nitrogens with one attached hydrogen (secondary N) is 2. The van der Waals surface area contributed by atoms with E-state index in [2.05, 4.69) is 15.6 Å². The minimum absolute atomic E-state index is 0.0827. The lowest BCUT2D eigenvalue weighted by molar-refractivity contribution is -0.123. The molecule has 84 valence electrons. The van der Waals surface area contributed by atoms with Crippen molar-refractivity contribution in [2.24, 2.45) is 5.92 Å². The van der Waals surface area contributed by atoms with Gasteiger partial charge in [-0.2, -0.15) is 0 Å². The van der Waals surface area contributed by atoms with Crippen molar-refractivity contribution in [2.45, 2.75) is 6.42 Å². The summed E-state index contributed by atoms with van der Waals surface area (Å²) >= 11 is 0. The molecule has 6 heteroatoms. The molecule has 2 amide bonds. The van der Waals surface area contributed by atoms with Crippen LogP contribution in [0.15, 0.2) is 18.5 Å². The summed E-state index contributed by atoms with van der Waals surface area (Å²) in [6.45, 7) is 0.303. The van der Waals surface area contributed by atoms with Gasteiger partial charge < -0.3 is 10.6 Å². The number of aromatic nitrogens is 1. The molecule has 1 saturated heterocycles. The van der Waals surface area contributed by atoms with E-state index in [1.807, 2.05) is 0 Å². The molecule has 1 aliphatic rings. The summed E-state index contributed by atoms with van der Waals surface area (Å²) in [7, 11) is 0. The van der Waals surface area contributed by atoms with Crippen LogP contribution in [0.1, 0.15) is 6.42 Å². The van der Waals surface area contributed by atoms with Gasteiger partial charge in [0.2, 0.25) is 11.8 Å². The van der Waals surface area contributed by atoms with Crippen LogP contribution in [0.4, 0.5) is 10.1 Å². The highest BCUT2D eigenvalue weighted by atomic mass is 19.1. The lowest BCUT2D eigenvalue weighted by Gasteiger charge is -2.09. The number of hydrogen-bond acceptors (Lipinski definition) is 3. The maximum atomic E-state index is 13.2. The number of halogens is 1. The first-order chi connectivity index (χ1) is 7.66. The Morgan fingerprint density at radius 1 is 1.62 bits per heavy atom. The first kappa shape index (κ1) is 10.5. The Morgan fingerprint density at radius 2 is 2.44 bits per heavy atom. The monoisotopic (exact) mass is 223 g/mol. The molecule has 0 saturated carbocycles. The van der Waals surface area contributed by atoms with Gasteiger partial charge in [-0.05, 0) is 6.07 Å². The van der Waals surface area contributed by atoms with Crippen LogP contribution in [0.25, 0.3) is 0 Å². The SMILES string of the molecule is O=C1CC(C(=O)Nc2ccncc2F)CN1. The molecule has 5 nitrogen and oxygen atoms in total. The van der Waals surface area contributed by atoms with E-state index >= 15 is 0 Å². The molecule has 0 bridgehead atoms. The Morgan fingerprint density at radius 3 is 3.06 bits per heavy atom. The molecular formula is C10H10FN3O2. The Hall–Kier alpha value is -1.98. The topological polar surface area (TPSA) is 71.1 Å². The normalized spacial score (nSPS) is 19.3. The fourth-order valence-corrected chi connectivity index (χ4v) is 1.50. The molecule has 1 aromatic heterocycles. The van der Waals surface area contributed by atoms with Crippen LogP contribution < -0.4 is 10.6 Å². The summed E-state index contributed by atoms with van der Waals surface area (Å²) in [5, 5.41) is 4.97. The number of amides is 2. The highest BCUT2D eigenvalue weighted by Gasteiger charge is 2.28. The van der Waals surface area contributed by atoms with Crippen molar-refractivity contribution in [2.75, 3.05) is 11.9 Å². The summed E-state index contributed by atoms with van der Waals surface area (Å²) in [6, 6.07) is 1.37. The van der Waals surface area contributed by atoms with E-state index < -0.39 is 11.7 Å². The number of rotatable bonds is 2. The zero-order chi connectivity index (χ0) is 11.5. The third-order valence-corrected chi connectivity index (χ3v) is 2.38. The molecule has 0 aromatic carbocycles. The van der Waals surface area contributed by atoms with Crippen molar-refractivity contribution in [1.82, 2.24) is 10.3 Å². The Bertz CT molecular complexity index is 436. The summed E-state index contributed by atoms with van der Waals surface area (Å²) < 4.78 is 13.2. The molecule has 0 radical (unpaired) electrons. The number of anilines is 1. The molecule has 1 aromatic rings. The minimum atomic E-state index is -0.590. The molecule has 1 atom stereocenters. The Kier molecular flexibility index (Phi) is 2.80. The fourth-order valence-electron chi connectivity index (χ4n) is 1.50. The molecule has 2 N–H and O–H groups in total. The van der Waals surface area contributed by atoms with Crippen molar-refractivity contribution in [3.05, 3.63) is 24.3 Å². The van der Waals surface area contributed by atoms with Gasteiger partial charge in [-0.3, -0.25) is 14.6 Å². The predicted octanol–water partition coefficient (Wildman–Crippen LogP) is 0.295. The second-order valence-electron chi connectivity index (χ2n) is 3.55. The predicted molar refractivity (Wildman–Crippen MR) is 53.9 cm³/mol. The third-order valence-electron chi connectivity index (χ3n) is 2.38. The zero-order valence-electron chi connectivity index (χ0n) is 8.37. The van der Waals surface area contributed by atoms with E-state index in [-0.39, 0.29) is 23.9 Å². The Labute approximate surface area is 91.1 Å². The van der Waals surface area contributed by atoms with Crippen LogP contribution in [0, 0.1) is 11.7 Å². The van der Waals surface area contributed by atoms with Crippen molar-refractivity contribution in [1.29, 1.82) is 0 Å². The van der Waals surface area contributed by atoms with Gasteiger partial charge in [-0.15, -0.1) is 0 Å². The van der Waals surface area contributed by atoms with E-state index in [1.165, 1.54) is 12.3 Å². The van der Waals surface area contributed by atoms with Gasteiger partial charge in [0.1, 0.15) is 0 Å². The number of hydrogen-bond donors (Lipinski definition) is 2. The maximum absolute atomic E-state index is 13.2. The minimum Gasteiger partial charge on any atom is -0.355 e. The molecule has 2 rings (SSSR count). The molecular weight excluding hydrogens is 213 g/mol. The summed E-state index contributed by atoms with van der Waals surface area (Å²) in [6.07, 6.45) is 2.56. The Balaban J connectivity index is 2.03. The van der Waals surface area contributed by atoms with E-state index in [9.17, 15) is 14.0 Å². The number of nitrogens with zero attached hydrogens (tertiary/aromatic N) is 1. The highest BCUT2D eigenvalue weighted by Crippen LogP contribution is 2.15. The van der Waals surface area contributed by atoms with Gasteiger partial charge in [0, 0.05) is 19.2 Å². The molecule has 1 fully saturated rings. The molecule has 16 heavy (non-hydrogen) atoms. The van der Waals surface area contributed by atoms with Crippen molar-refractivity contribution < 1.29 is 14.0 Å². The smallest absolute Gasteiger partial charge is 0.229 e. The van der Waals surface area contributed by atoms with E-state index in [4.69, 9.17) is 0 Å². The molecule has 2 heterocycles. The van der Waals surface area contributed by atoms with E-state index in [1.54, 1.807) is 0 Å². The van der Waals surface area contributed by atoms with Crippen LogP contribution in [0.2, 0.25) is 0 Å². The summed E-state index contributed by atoms with van der Waals surface area (Å²) in [5.74, 6) is -1.54. The van der Waals surface area contributed by atoms with Crippen molar-refractivity contribution in [3.63, 3.8) is 0 Å². The van der Waals surface area contributed by atoms with Gasteiger partial charge in [0.25, 0.3) is 0 Å². The van der Waals surface area contributed by atoms with Crippen LogP contribution in [-0.4, -0.2) is 23.3 Å². The van der Waals surface area contributed by atoms with Gasteiger partial charge in [0.05, 0.1) is 17.8 Å². The van der Waals surface area contributed by atoms with Gasteiger partial charge in [-0.25, -0.2) is 4.39 Å². The average Bonchev–Trinajstić information content (AvgIpc) is 2.68. The fraction of sp³-hybridized carbons (Fsp3) is 0.300.